The Morgan fingerprint density at radius 3 is 2.27 bits per heavy atom. The highest BCUT2D eigenvalue weighted by molar-refractivity contribution is 4.95. The van der Waals surface area contributed by atoms with Crippen molar-refractivity contribution in [2.75, 3.05) is 20.3 Å². The first kappa shape index (κ1) is 12.9. The molecule has 0 saturated heterocycles. The quantitative estimate of drug-likeness (QED) is 0.677. The molecule has 1 aliphatic rings. The van der Waals surface area contributed by atoms with Crippen LogP contribution in [-0.2, 0) is 4.74 Å². The molecule has 0 amide bonds. The van der Waals surface area contributed by atoms with Crippen molar-refractivity contribution in [3.63, 3.8) is 0 Å². The smallest absolute Gasteiger partial charge is 0.0623 e. The van der Waals surface area contributed by atoms with Gasteiger partial charge >= 0.3 is 0 Å². The highest BCUT2D eigenvalue weighted by Crippen LogP contribution is 2.48. The number of methoxy groups -OCH3 is 1. The largest absolute Gasteiger partial charge is 0.396 e. The zero-order valence-corrected chi connectivity index (χ0v) is 10.3. The number of hydrogen-bond donors (Lipinski definition) is 2. The van der Waals surface area contributed by atoms with Crippen molar-refractivity contribution in [3.05, 3.63) is 0 Å². The van der Waals surface area contributed by atoms with E-state index in [9.17, 15) is 5.11 Å². The van der Waals surface area contributed by atoms with E-state index in [4.69, 9.17) is 10.5 Å². The topological polar surface area (TPSA) is 55.5 Å². The van der Waals surface area contributed by atoms with E-state index in [1.807, 2.05) is 0 Å². The van der Waals surface area contributed by atoms with Crippen molar-refractivity contribution in [2.45, 2.75) is 45.1 Å². The Balaban J connectivity index is 2.51. The van der Waals surface area contributed by atoms with E-state index < -0.39 is 0 Å². The molecule has 1 aliphatic carbocycles. The molecule has 0 aromatic heterocycles. The van der Waals surface area contributed by atoms with E-state index in [1.165, 1.54) is 12.8 Å². The zero-order chi connectivity index (χ0) is 11.5. The molecule has 1 rings (SSSR count). The van der Waals surface area contributed by atoms with Crippen LogP contribution in [0.4, 0.5) is 0 Å². The number of aliphatic hydroxyl groups excluding tert-OH is 1. The number of rotatable bonds is 7. The van der Waals surface area contributed by atoms with Gasteiger partial charge in [-0.15, -0.1) is 0 Å². The van der Waals surface area contributed by atoms with Crippen LogP contribution in [0.3, 0.4) is 0 Å². The van der Waals surface area contributed by atoms with Gasteiger partial charge in [-0.3, -0.25) is 0 Å². The van der Waals surface area contributed by atoms with E-state index in [2.05, 4.69) is 13.8 Å². The van der Waals surface area contributed by atoms with Crippen LogP contribution >= 0.6 is 0 Å². The maximum absolute atomic E-state index is 9.54. The lowest BCUT2D eigenvalue weighted by molar-refractivity contribution is -0.00626. The molecule has 0 aromatic rings. The average Bonchev–Trinajstić information content (AvgIpc) is 3.05. The van der Waals surface area contributed by atoms with Gasteiger partial charge in [-0.05, 0) is 45.4 Å². The van der Waals surface area contributed by atoms with Crippen molar-refractivity contribution in [1.29, 1.82) is 0 Å². The molecule has 15 heavy (non-hydrogen) atoms. The molecule has 3 nitrogen and oxygen atoms in total. The molecule has 0 spiro atoms. The average molecular weight is 215 g/mol. The van der Waals surface area contributed by atoms with Gasteiger partial charge in [-0.1, -0.05) is 0 Å². The summed E-state index contributed by atoms with van der Waals surface area (Å²) in [5.74, 6) is 0.639. The van der Waals surface area contributed by atoms with E-state index >= 15 is 0 Å². The Bertz CT molecular complexity index is 196. The third-order valence-electron chi connectivity index (χ3n) is 3.94. The fourth-order valence-corrected chi connectivity index (χ4v) is 2.09. The Morgan fingerprint density at radius 2 is 1.93 bits per heavy atom. The van der Waals surface area contributed by atoms with E-state index in [0.717, 1.165) is 12.8 Å². The predicted molar refractivity (Wildman–Crippen MR) is 61.6 cm³/mol. The number of hydrogen-bond acceptors (Lipinski definition) is 3. The standard InChI is InChI=1S/C12H25NO2/c1-11(2,15-3)6-7-12(8-13,9-14)10-4-5-10/h10,14H,4-9,13H2,1-3H3. The Morgan fingerprint density at radius 1 is 1.33 bits per heavy atom. The number of nitrogens with two attached hydrogens (primary N) is 1. The van der Waals surface area contributed by atoms with Crippen molar-refractivity contribution in [3.8, 4) is 0 Å². The third kappa shape index (κ3) is 3.16. The molecular weight excluding hydrogens is 190 g/mol. The summed E-state index contributed by atoms with van der Waals surface area (Å²) in [6.07, 6.45) is 4.37. The van der Waals surface area contributed by atoms with Crippen molar-refractivity contribution < 1.29 is 9.84 Å². The molecule has 3 heteroatoms. The van der Waals surface area contributed by atoms with Gasteiger partial charge in [0, 0.05) is 19.1 Å². The van der Waals surface area contributed by atoms with Gasteiger partial charge in [0.25, 0.3) is 0 Å². The summed E-state index contributed by atoms with van der Waals surface area (Å²) in [5, 5.41) is 9.54. The second-order valence-electron chi connectivity index (χ2n) is 5.46. The summed E-state index contributed by atoms with van der Waals surface area (Å²) in [6, 6.07) is 0. The molecule has 0 radical (unpaired) electrons. The Hall–Kier alpha value is -0.120. The van der Waals surface area contributed by atoms with Crippen LogP contribution in [0.2, 0.25) is 0 Å². The number of aliphatic hydroxyl groups is 1. The lowest BCUT2D eigenvalue weighted by Gasteiger charge is -2.34. The van der Waals surface area contributed by atoms with E-state index in [-0.39, 0.29) is 17.6 Å². The molecule has 1 atom stereocenters. The first-order valence-electron chi connectivity index (χ1n) is 5.86. The van der Waals surface area contributed by atoms with Crippen LogP contribution in [0.25, 0.3) is 0 Å². The van der Waals surface area contributed by atoms with Crippen LogP contribution in [0.5, 0.6) is 0 Å². The second kappa shape index (κ2) is 4.81. The van der Waals surface area contributed by atoms with Crippen LogP contribution in [0.15, 0.2) is 0 Å². The van der Waals surface area contributed by atoms with Crippen LogP contribution in [-0.4, -0.2) is 31.0 Å². The maximum atomic E-state index is 9.54. The van der Waals surface area contributed by atoms with Gasteiger partial charge in [0.1, 0.15) is 0 Å². The SMILES string of the molecule is COC(C)(C)CCC(CN)(CO)C1CC1. The molecule has 0 aromatic carbocycles. The summed E-state index contributed by atoms with van der Waals surface area (Å²) < 4.78 is 5.40. The summed E-state index contributed by atoms with van der Waals surface area (Å²) in [6.45, 7) is 4.97. The van der Waals surface area contributed by atoms with E-state index in [0.29, 0.717) is 12.5 Å². The normalized spacial score (nSPS) is 21.4. The molecule has 90 valence electrons. The van der Waals surface area contributed by atoms with Crippen LogP contribution < -0.4 is 5.73 Å². The van der Waals surface area contributed by atoms with Gasteiger partial charge in [0.15, 0.2) is 0 Å². The maximum Gasteiger partial charge on any atom is 0.0623 e. The third-order valence-corrected chi connectivity index (χ3v) is 3.94. The first-order valence-corrected chi connectivity index (χ1v) is 5.86. The fraction of sp³-hybridized carbons (Fsp3) is 1.00. The summed E-state index contributed by atoms with van der Waals surface area (Å²) in [5.41, 5.74) is 5.68. The monoisotopic (exact) mass is 215 g/mol. The van der Waals surface area contributed by atoms with Crippen LogP contribution in [0.1, 0.15) is 39.5 Å². The van der Waals surface area contributed by atoms with Crippen molar-refractivity contribution >= 4 is 0 Å². The minimum absolute atomic E-state index is 0.0458. The zero-order valence-electron chi connectivity index (χ0n) is 10.3. The minimum atomic E-state index is -0.107. The number of ether oxygens (including phenoxy) is 1. The lowest BCUT2D eigenvalue weighted by Crippen LogP contribution is -2.38. The van der Waals surface area contributed by atoms with Crippen molar-refractivity contribution in [1.82, 2.24) is 0 Å². The molecule has 0 heterocycles. The molecule has 1 fully saturated rings. The molecule has 0 aliphatic heterocycles. The van der Waals surface area contributed by atoms with Gasteiger partial charge in [0.2, 0.25) is 0 Å². The summed E-state index contributed by atoms with van der Waals surface area (Å²) in [4.78, 5) is 0. The Labute approximate surface area is 93.0 Å². The van der Waals surface area contributed by atoms with E-state index in [1.54, 1.807) is 7.11 Å². The summed E-state index contributed by atoms with van der Waals surface area (Å²) >= 11 is 0. The Kier molecular flexibility index (Phi) is 4.15. The van der Waals surface area contributed by atoms with Gasteiger partial charge in [0.05, 0.1) is 12.2 Å². The molecule has 1 unspecified atom stereocenters. The highest BCUT2D eigenvalue weighted by Gasteiger charge is 2.44. The van der Waals surface area contributed by atoms with Gasteiger partial charge < -0.3 is 15.6 Å². The summed E-state index contributed by atoms with van der Waals surface area (Å²) in [7, 11) is 1.74. The highest BCUT2D eigenvalue weighted by atomic mass is 16.5. The first-order chi connectivity index (χ1) is 6.99. The predicted octanol–water partition coefficient (Wildman–Crippen LogP) is 1.54. The van der Waals surface area contributed by atoms with Gasteiger partial charge in [-0.25, -0.2) is 0 Å². The lowest BCUT2D eigenvalue weighted by atomic mass is 9.77. The molecule has 1 saturated carbocycles. The second-order valence-corrected chi connectivity index (χ2v) is 5.46. The minimum Gasteiger partial charge on any atom is -0.396 e. The van der Waals surface area contributed by atoms with Gasteiger partial charge in [-0.2, -0.15) is 0 Å². The molecule has 3 N–H and O–H groups in total. The fourth-order valence-electron chi connectivity index (χ4n) is 2.09. The molecule has 0 bridgehead atoms. The molecular formula is C12H25NO2. The van der Waals surface area contributed by atoms with Crippen LogP contribution in [0, 0.1) is 11.3 Å². The van der Waals surface area contributed by atoms with Crippen molar-refractivity contribution in [2.24, 2.45) is 17.1 Å².